The van der Waals surface area contributed by atoms with E-state index in [1.165, 1.54) is 0 Å². The van der Waals surface area contributed by atoms with Gasteiger partial charge in [0.2, 0.25) is 0 Å². The van der Waals surface area contributed by atoms with E-state index in [2.05, 4.69) is 20.8 Å². The van der Waals surface area contributed by atoms with Crippen LogP contribution in [0.4, 0.5) is 0 Å². The van der Waals surface area contributed by atoms with Gasteiger partial charge in [-0.15, -0.1) is 0 Å². The van der Waals surface area contributed by atoms with Crippen LogP contribution in [0.2, 0.25) is 5.02 Å². The fourth-order valence-corrected chi connectivity index (χ4v) is 3.53. The Morgan fingerprint density at radius 3 is 2.29 bits per heavy atom. The second-order valence-corrected chi connectivity index (χ2v) is 7.54. The summed E-state index contributed by atoms with van der Waals surface area (Å²) in [4.78, 5) is 12.6. The molecule has 1 aromatic carbocycles. The largest absolute Gasteiger partial charge is 0.495 e. The van der Waals surface area contributed by atoms with Gasteiger partial charge in [-0.3, -0.25) is 4.79 Å². The van der Waals surface area contributed by atoms with Crippen LogP contribution in [0.15, 0.2) is 18.2 Å². The number of carbonyl (C=O) groups is 1. The van der Waals surface area contributed by atoms with E-state index in [0.29, 0.717) is 21.8 Å². The molecule has 0 saturated heterocycles. The first kappa shape index (κ1) is 16.4. The molecule has 0 aromatic heterocycles. The molecule has 0 atom stereocenters. The van der Waals surface area contributed by atoms with Crippen molar-refractivity contribution in [3.05, 3.63) is 28.8 Å². The quantitative estimate of drug-likeness (QED) is 0.700. The van der Waals surface area contributed by atoms with Crippen LogP contribution in [0.1, 0.15) is 56.8 Å². The Morgan fingerprint density at radius 2 is 1.81 bits per heavy atom. The molecule has 3 heteroatoms. The van der Waals surface area contributed by atoms with Crippen molar-refractivity contribution in [2.45, 2.75) is 46.5 Å². The number of hydrogen-bond donors (Lipinski definition) is 0. The zero-order chi connectivity index (χ0) is 15.6. The van der Waals surface area contributed by atoms with E-state index in [1.54, 1.807) is 19.2 Å². The maximum absolute atomic E-state index is 12.6. The van der Waals surface area contributed by atoms with Gasteiger partial charge in [-0.05, 0) is 55.2 Å². The maximum Gasteiger partial charge on any atom is 0.165 e. The SMILES string of the molecule is COc1ccc(C(=O)C2CCC(C(C)(C)C)CC2)cc1Cl. The van der Waals surface area contributed by atoms with Gasteiger partial charge in [-0.25, -0.2) is 0 Å². The highest BCUT2D eigenvalue weighted by Gasteiger charge is 2.32. The number of ketones is 1. The molecule has 116 valence electrons. The molecule has 0 aliphatic heterocycles. The molecule has 21 heavy (non-hydrogen) atoms. The van der Waals surface area contributed by atoms with Gasteiger partial charge < -0.3 is 4.74 Å². The first-order valence-corrected chi connectivity index (χ1v) is 8.08. The summed E-state index contributed by atoms with van der Waals surface area (Å²) in [5, 5.41) is 0.506. The topological polar surface area (TPSA) is 26.3 Å². The number of carbonyl (C=O) groups excluding carboxylic acids is 1. The normalized spacial score (nSPS) is 22.9. The number of rotatable bonds is 3. The third-order valence-electron chi connectivity index (χ3n) is 4.76. The molecule has 0 amide bonds. The summed E-state index contributed by atoms with van der Waals surface area (Å²) in [6, 6.07) is 5.33. The summed E-state index contributed by atoms with van der Waals surface area (Å²) < 4.78 is 5.13. The number of methoxy groups -OCH3 is 1. The molecule has 0 unspecified atom stereocenters. The van der Waals surface area contributed by atoms with Crippen LogP contribution < -0.4 is 4.74 Å². The fraction of sp³-hybridized carbons (Fsp3) is 0.611. The van der Waals surface area contributed by atoms with Crippen LogP contribution in [0.5, 0.6) is 5.75 Å². The molecule has 0 N–H and O–H groups in total. The highest BCUT2D eigenvalue weighted by atomic mass is 35.5. The number of hydrogen-bond acceptors (Lipinski definition) is 2. The zero-order valence-corrected chi connectivity index (χ0v) is 14.2. The molecule has 1 aliphatic carbocycles. The van der Waals surface area contributed by atoms with Crippen molar-refractivity contribution < 1.29 is 9.53 Å². The number of ether oxygens (including phenoxy) is 1. The van der Waals surface area contributed by atoms with Crippen molar-refractivity contribution in [2.75, 3.05) is 7.11 Å². The van der Waals surface area contributed by atoms with Crippen LogP contribution in [-0.2, 0) is 0 Å². The predicted octanol–water partition coefficient (Wildman–Crippen LogP) is 5.38. The van der Waals surface area contributed by atoms with Gasteiger partial charge in [-0.2, -0.15) is 0 Å². The monoisotopic (exact) mass is 308 g/mol. The van der Waals surface area contributed by atoms with Crippen LogP contribution in [-0.4, -0.2) is 12.9 Å². The summed E-state index contributed by atoms with van der Waals surface area (Å²) in [5.74, 6) is 1.71. The lowest BCUT2D eigenvalue weighted by atomic mass is 9.69. The first-order chi connectivity index (χ1) is 9.82. The Balaban J connectivity index is 2.04. The Labute approximate surface area is 132 Å². The molecule has 1 fully saturated rings. The second-order valence-electron chi connectivity index (χ2n) is 7.13. The lowest BCUT2D eigenvalue weighted by Gasteiger charge is -2.36. The third kappa shape index (κ3) is 3.79. The smallest absolute Gasteiger partial charge is 0.165 e. The summed E-state index contributed by atoms with van der Waals surface area (Å²) >= 11 is 6.12. The number of Topliss-reactive ketones (excluding diaryl/α,β-unsaturated/α-hetero) is 1. The molecule has 2 rings (SSSR count). The fourth-order valence-electron chi connectivity index (χ4n) is 3.28. The summed E-state index contributed by atoms with van der Waals surface area (Å²) in [6.45, 7) is 6.88. The van der Waals surface area contributed by atoms with Gasteiger partial charge in [0.05, 0.1) is 12.1 Å². The van der Waals surface area contributed by atoms with Crippen molar-refractivity contribution in [2.24, 2.45) is 17.3 Å². The molecule has 0 radical (unpaired) electrons. The molecule has 0 spiro atoms. The highest BCUT2D eigenvalue weighted by Crippen LogP contribution is 2.40. The lowest BCUT2D eigenvalue weighted by Crippen LogP contribution is -2.28. The van der Waals surface area contributed by atoms with Crippen LogP contribution >= 0.6 is 11.6 Å². The van der Waals surface area contributed by atoms with E-state index < -0.39 is 0 Å². The lowest BCUT2D eigenvalue weighted by molar-refractivity contribution is 0.0819. The summed E-state index contributed by atoms with van der Waals surface area (Å²) in [5.41, 5.74) is 1.05. The van der Waals surface area contributed by atoms with Crippen molar-refractivity contribution >= 4 is 17.4 Å². The Kier molecular flexibility index (Phi) is 4.98. The summed E-state index contributed by atoms with van der Waals surface area (Å²) in [6.07, 6.45) is 4.27. The molecule has 0 heterocycles. The van der Waals surface area contributed by atoms with Gasteiger partial charge in [0, 0.05) is 11.5 Å². The first-order valence-electron chi connectivity index (χ1n) is 7.70. The Morgan fingerprint density at radius 1 is 1.19 bits per heavy atom. The number of benzene rings is 1. The minimum absolute atomic E-state index is 0.146. The molecule has 1 saturated carbocycles. The van der Waals surface area contributed by atoms with E-state index in [4.69, 9.17) is 16.3 Å². The van der Waals surface area contributed by atoms with Crippen LogP contribution in [0, 0.1) is 17.3 Å². The average molecular weight is 309 g/mol. The molecule has 1 aliphatic rings. The van der Waals surface area contributed by atoms with E-state index in [9.17, 15) is 4.79 Å². The van der Waals surface area contributed by atoms with E-state index >= 15 is 0 Å². The Bertz CT molecular complexity index is 508. The van der Waals surface area contributed by atoms with E-state index in [-0.39, 0.29) is 11.7 Å². The average Bonchev–Trinajstić information content (AvgIpc) is 2.45. The molecule has 0 bridgehead atoms. The van der Waals surface area contributed by atoms with Crippen molar-refractivity contribution in [1.29, 1.82) is 0 Å². The standard InChI is InChI=1S/C18H25ClO2/c1-18(2,3)14-8-5-12(6-9-14)17(20)13-7-10-16(21-4)15(19)11-13/h7,10-12,14H,5-6,8-9H2,1-4H3. The zero-order valence-electron chi connectivity index (χ0n) is 13.4. The van der Waals surface area contributed by atoms with Crippen molar-refractivity contribution in [3.8, 4) is 5.75 Å². The van der Waals surface area contributed by atoms with Crippen LogP contribution in [0.25, 0.3) is 0 Å². The van der Waals surface area contributed by atoms with E-state index in [1.807, 2.05) is 6.07 Å². The molecule has 2 nitrogen and oxygen atoms in total. The second kappa shape index (κ2) is 6.39. The minimum Gasteiger partial charge on any atom is -0.495 e. The molecular formula is C18H25ClO2. The van der Waals surface area contributed by atoms with Gasteiger partial charge in [0.1, 0.15) is 5.75 Å². The van der Waals surface area contributed by atoms with Crippen molar-refractivity contribution in [1.82, 2.24) is 0 Å². The van der Waals surface area contributed by atoms with Gasteiger partial charge in [0.25, 0.3) is 0 Å². The van der Waals surface area contributed by atoms with Crippen molar-refractivity contribution in [3.63, 3.8) is 0 Å². The molecular weight excluding hydrogens is 284 g/mol. The maximum atomic E-state index is 12.6. The highest BCUT2D eigenvalue weighted by molar-refractivity contribution is 6.32. The summed E-state index contributed by atoms with van der Waals surface area (Å²) in [7, 11) is 1.58. The molecule has 1 aromatic rings. The van der Waals surface area contributed by atoms with Crippen LogP contribution in [0.3, 0.4) is 0 Å². The van der Waals surface area contributed by atoms with E-state index in [0.717, 1.165) is 31.6 Å². The number of halogens is 1. The predicted molar refractivity (Wildman–Crippen MR) is 87.2 cm³/mol. The van der Waals surface area contributed by atoms with Gasteiger partial charge in [-0.1, -0.05) is 32.4 Å². The minimum atomic E-state index is 0.146. The van der Waals surface area contributed by atoms with Gasteiger partial charge >= 0.3 is 0 Å². The third-order valence-corrected chi connectivity index (χ3v) is 5.05. The Hall–Kier alpha value is -1.02. The van der Waals surface area contributed by atoms with Gasteiger partial charge in [0.15, 0.2) is 5.78 Å².